The zero-order chi connectivity index (χ0) is 30.3. The molecule has 0 saturated carbocycles. The summed E-state index contributed by atoms with van der Waals surface area (Å²) in [6.45, 7) is 4.70. The molecule has 3 aromatic carbocycles. The van der Waals surface area contributed by atoms with Crippen LogP contribution in [-0.2, 0) is 17.6 Å². The maximum Gasteiger partial charge on any atom is 0.226 e. The number of likely N-dealkylation sites (N-methyl/N-ethyl adjacent to an activating group) is 1. The van der Waals surface area contributed by atoms with E-state index >= 15 is 0 Å². The quantitative estimate of drug-likeness (QED) is 0.150. The zero-order valence-corrected chi connectivity index (χ0v) is 25.8. The molecule has 1 aliphatic rings. The van der Waals surface area contributed by atoms with E-state index in [0.717, 1.165) is 85.0 Å². The molecule has 0 spiro atoms. The fraction of sp³-hybridized carbons (Fsp3) is 0.324. The number of nitrogens with one attached hydrogen (secondary N) is 2. The Labute approximate surface area is 260 Å². The number of rotatable bonds is 12. The van der Waals surface area contributed by atoms with E-state index in [1.54, 1.807) is 0 Å². The van der Waals surface area contributed by atoms with E-state index in [1.165, 1.54) is 17.5 Å². The first-order valence-corrected chi connectivity index (χ1v) is 15.9. The van der Waals surface area contributed by atoms with Crippen molar-refractivity contribution in [3.8, 4) is 33.6 Å². The molecule has 1 aliphatic heterocycles. The summed E-state index contributed by atoms with van der Waals surface area (Å²) in [6, 6.07) is 27.7. The standard InChI is InChI=1S/C37H42N6O/c1-3-43(36(44)24-27-10-5-4-6-11-27)23-8-7-13-35-38-25-32(40-35)30-18-14-28(15-19-30)29-16-20-31(21-17-29)33-26-39-37(41-33)34-12-9-22-42(34)2/h4-6,10-11,14-21,25-26,34H,3,7-9,12-13,22-24H2,1-2H3,(H,38,40)(H,39,41)/t34-/m0/s1. The molecule has 3 heterocycles. The van der Waals surface area contributed by atoms with E-state index in [4.69, 9.17) is 0 Å². The van der Waals surface area contributed by atoms with E-state index in [1.807, 2.05) is 54.5 Å². The molecule has 0 unspecified atom stereocenters. The number of carbonyl (C=O) groups excluding carboxylic acids is 1. The fourth-order valence-electron chi connectivity index (χ4n) is 6.17. The highest BCUT2D eigenvalue weighted by atomic mass is 16.2. The minimum absolute atomic E-state index is 0.192. The van der Waals surface area contributed by atoms with Gasteiger partial charge in [0.15, 0.2) is 0 Å². The van der Waals surface area contributed by atoms with Crippen molar-refractivity contribution in [2.24, 2.45) is 0 Å². The van der Waals surface area contributed by atoms with Crippen molar-refractivity contribution in [3.63, 3.8) is 0 Å². The first-order chi connectivity index (χ1) is 21.6. The van der Waals surface area contributed by atoms with Crippen LogP contribution in [0.4, 0.5) is 0 Å². The van der Waals surface area contributed by atoms with Crippen LogP contribution < -0.4 is 0 Å². The van der Waals surface area contributed by atoms with E-state index in [-0.39, 0.29) is 5.91 Å². The van der Waals surface area contributed by atoms with Crippen LogP contribution in [-0.4, -0.2) is 62.3 Å². The largest absolute Gasteiger partial charge is 0.343 e. The van der Waals surface area contributed by atoms with Crippen LogP contribution in [0.5, 0.6) is 0 Å². The smallest absolute Gasteiger partial charge is 0.226 e. The Balaban J connectivity index is 0.996. The van der Waals surface area contributed by atoms with Crippen LogP contribution in [0.3, 0.4) is 0 Å². The highest BCUT2D eigenvalue weighted by molar-refractivity contribution is 5.78. The number of H-pyrrole nitrogens is 2. The normalized spacial score (nSPS) is 15.1. The number of aromatic nitrogens is 4. The Bertz CT molecular complexity index is 1640. The van der Waals surface area contributed by atoms with Crippen LogP contribution >= 0.6 is 0 Å². The van der Waals surface area contributed by atoms with Crippen molar-refractivity contribution in [1.29, 1.82) is 0 Å². The Morgan fingerprint density at radius 1 is 0.841 bits per heavy atom. The zero-order valence-electron chi connectivity index (χ0n) is 25.8. The molecular weight excluding hydrogens is 544 g/mol. The lowest BCUT2D eigenvalue weighted by Gasteiger charge is -2.20. The van der Waals surface area contributed by atoms with E-state index in [9.17, 15) is 4.79 Å². The third-order valence-corrected chi connectivity index (χ3v) is 8.81. The molecule has 1 saturated heterocycles. The Hall–Kier alpha value is -4.49. The van der Waals surface area contributed by atoms with Crippen molar-refractivity contribution in [2.45, 2.75) is 51.5 Å². The van der Waals surface area contributed by atoms with E-state index in [2.05, 4.69) is 80.4 Å². The second-order valence-electron chi connectivity index (χ2n) is 11.8. The van der Waals surface area contributed by atoms with Gasteiger partial charge in [-0.3, -0.25) is 9.69 Å². The lowest BCUT2D eigenvalue weighted by molar-refractivity contribution is -0.130. The average Bonchev–Trinajstić information content (AvgIpc) is 3.83. The average molecular weight is 587 g/mol. The minimum Gasteiger partial charge on any atom is -0.343 e. The Kier molecular flexibility index (Phi) is 9.32. The highest BCUT2D eigenvalue weighted by Gasteiger charge is 2.25. The van der Waals surface area contributed by atoms with Crippen LogP contribution in [0, 0.1) is 0 Å². The predicted molar refractivity (Wildman–Crippen MR) is 177 cm³/mol. The molecule has 44 heavy (non-hydrogen) atoms. The van der Waals surface area contributed by atoms with Gasteiger partial charge in [0.2, 0.25) is 5.91 Å². The lowest BCUT2D eigenvalue weighted by atomic mass is 10.0. The second kappa shape index (κ2) is 13.9. The van der Waals surface area contributed by atoms with Crippen molar-refractivity contribution in [3.05, 3.63) is 108 Å². The van der Waals surface area contributed by atoms with Crippen LogP contribution in [0.2, 0.25) is 0 Å². The number of carbonyl (C=O) groups is 1. The summed E-state index contributed by atoms with van der Waals surface area (Å²) >= 11 is 0. The summed E-state index contributed by atoms with van der Waals surface area (Å²) in [5.74, 6) is 2.24. The summed E-state index contributed by atoms with van der Waals surface area (Å²) in [5.41, 5.74) is 7.79. The number of unbranched alkanes of at least 4 members (excludes halogenated alkanes) is 1. The van der Waals surface area contributed by atoms with E-state index in [0.29, 0.717) is 12.5 Å². The molecule has 5 aromatic rings. The maximum atomic E-state index is 12.7. The van der Waals surface area contributed by atoms with Gasteiger partial charge in [-0.05, 0) is 74.0 Å². The molecule has 6 rings (SSSR count). The molecule has 7 nitrogen and oxygen atoms in total. The molecule has 226 valence electrons. The third kappa shape index (κ3) is 7.00. The fourth-order valence-corrected chi connectivity index (χ4v) is 6.17. The number of hydrogen-bond donors (Lipinski definition) is 2. The van der Waals surface area contributed by atoms with Crippen molar-refractivity contribution in [1.82, 2.24) is 29.7 Å². The molecule has 2 N–H and O–H groups in total. The van der Waals surface area contributed by atoms with Crippen LogP contribution in [0.25, 0.3) is 33.6 Å². The number of aryl methyl sites for hydroxylation is 1. The molecule has 2 aromatic heterocycles. The molecular formula is C37H42N6O. The van der Waals surface area contributed by atoms with Gasteiger partial charge in [0, 0.05) is 19.5 Å². The topological polar surface area (TPSA) is 80.9 Å². The summed E-state index contributed by atoms with van der Waals surface area (Å²) in [7, 11) is 2.17. The van der Waals surface area contributed by atoms with Gasteiger partial charge in [-0.2, -0.15) is 0 Å². The van der Waals surface area contributed by atoms with Gasteiger partial charge in [-0.25, -0.2) is 9.97 Å². The number of aromatic amines is 2. The van der Waals surface area contributed by atoms with Crippen LogP contribution in [0.15, 0.2) is 91.3 Å². The molecule has 0 bridgehead atoms. The predicted octanol–water partition coefficient (Wildman–Crippen LogP) is 7.31. The number of likely N-dealkylation sites (tertiary alicyclic amines) is 1. The van der Waals surface area contributed by atoms with Gasteiger partial charge in [0.05, 0.1) is 36.2 Å². The highest BCUT2D eigenvalue weighted by Crippen LogP contribution is 2.31. The molecule has 7 heteroatoms. The summed E-state index contributed by atoms with van der Waals surface area (Å²) in [6.07, 6.45) is 9.53. The number of hydrogen-bond acceptors (Lipinski definition) is 4. The number of benzene rings is 3. The van der Waals surface area contributed by atoms with Crippen molar-refractivity contribution < 1.29 is 4.79 Å². The minimum atomic E-state index is 0.192. The second-order valence-corrected chi connectivity index (χ2v) is 11.8. The lowest BCUT2D eigenvalue weighted by Crippen LogP contribution is -2.33. The van der Waals surface area contributed by atoms with Crippen molar-refractivity contribution >= 4 is 5.91 Å². The van der Waals surface area contributed by atoms with Gasteiger partial charge in [0.1, 0.15) is 11.6 Å². The number of amides is 1. The molecule has 1 atom stereocenters. The van der Waals surface area contributed by atoms with Gasteiger partial charge in [-0.15, -0.1) is 0 Å². The van der Waals surface area contributed by atoms with Gasteiger partial charge in [-0.1, -0.05) is 78.9 Å². The Morgan fingerprint density at radius 2 is 1.48 bits per heavy atom. The van der Waals surface area contributed by atoms with Gasteiger partial charge < -0.3 is 14.9 Å². The summed E-state index contributed by atoms with van der Waals surface area (Å²) in [5, 5.41) is 0. The summed E-state index contributed by atoms with van der Waals surface area (Å²) < 4.78 is 0. The number of nitrogens with zero attached hydrogens (tertiary/aromatic N) is 4. The Morgan fingerprint density at radius 3 is 2.11 bits per heavy atom. The first kappa shape index (κ1) is 29.6. The molecule has 1 amide bonds. The van der Waals surface area contributed by atoms with Gasteiger partial charge >= 0.3 is 0 Å². The maximum absolute atomic E-state index is 12.7. The molecule has 1 fully saturated rings. The SMILES string of the molecule is CCN(CCCCc1ncc(-c2ccc(-c3ccc(-c4cnc([C@@H]5CCCN5C)[nH]4)cc3)cc2)[nH]1)C(=O)Cc1ccccc1. The first-order valence-electron chi connectivity index (χ1n) is 15.9. The monoisotopic (exact) mass is 586 g/mol. The molecule has 0 radical (unpaired) electrons. The van der Waals surface area contributed by atoms with Crippen molar-refractivity contribution in [2.75, 3.05) is 26.7 Å². The summed E-state index contributed by atoms with van der Waals surface area (Å²) in [4.78, 5) is 33.4. The van der Waals surface area contributed by atoms with Gasteiger partial charge in [0.25, 0.3) is 0 Å². The molecule has 0 aliphatic carbocycles. The van der Waals surface area contributed by atoms with E-state index < -0.39 is 0 Å². The number of imidazole rings is 2. The van der Waals surface area contributed by atoms with Crippen LogP contribution in [0.1, 0.15) is 55.9 Å². The third-order valence-electron chi connectivity index (χ3n) is 8.81.